The van der Waals surface area contributed by atoms with Crippen molar-refractivity contribution in [3.63, 3.8) is 0 Å². The highest BCUT2D eigenvalue weighted by molar-refractivity contribution is 6.06. The van der Waals surface area contributed by atoms with Gasteiger partial charge in [0.25, 0.3) is 5.91 Å². The van der Waals surface area contributed by atoms with Gasteiger partial charge in [-0.2, -0.15) is 5.10 Å². The predicted molar refractivity (Wildman–Crippen MR) is 92.8 cm³/mol. The average molecular weight is 324 g/mol. The number of nitrogens with one attached hydrogen (secondary N) is 1. The number of aliphatic hydroxyl groups excluding tert-OH is 1. The van der Waals surface area contributed by atoms with Crippen LogP contribution < -0.4 is 5.32 Å². The first kappa shape index (κ1) is 16.1. The van der Waals surface area contributed by atoms with Gasteiger partial charge in [-0.25, -0.2) is 9.67 Å². The Bertz CT molecular complexity index is 856. The molecule has 0 atom stereocenters. The molecule has 2 aromatic heterocycles. The summed E-state index contributed by atoms with van der Waals surface area (Å²) in [5, 5.41) is 16.7. The Morgan fingerprint density at radius 1 is 1.29 bits per heavy atom. The summed E-state index contributed by atoms with van der Waals surface area (Å²) >= 11 is 0. The summed E-state index contributed by atoms with van der Waals surface area (Å²) in [6.07, 6.45) is 1.67. The first-order valence-electron chi connectivity index (χ1n) is 7.94. The van der Waals surface area contributed by atoms with E-state index in [4.69, 9.17) is 10.1 Å². The molecule has 0 fully saturated rings. The largest absolute Gasteiger partial charge is 0.395 e. The van der Waals surface area contributed by atoms with E-state index >= 15 is 0 Å². The lowest BCUT2D eigenvalue weighted by Crippen LogP contribution is -2.26. The number of aliphatic hydroxyl groups is 1. The van der Waals surface area contributed by atoms with Crippen LogP contribution in [0.5, 0.6) is 0 Å². The van der Waals surface area contributed by atoms with Gasteiger partial charge in [-0.05, 0) is 19.9 Å². The molecule has 1 aromatic carbocycles. The standard InChI is InChI=1S/C18H20N4O2/c1-12(2)22-17-15(11-20-22)14(18(24)19-8-9-23)10-16(21-17)13-6-4-3-5-7-13/h3-7,10-12,23H,8-9H2,1-2H3,(H,19,24). The molecule has 0 aliphatic rings. The second-order valence-electron chi connectivity index (χ2n) is 5.82. The Balaban J connectivity index is 2.19. The maximum absolute atomic E-state index is 12.5. The quantitative estimate of drug-likeness (QED) is 0.755. The number of nitrogens with zero attached hydrogens (tertiary/aromatic N) is 3. The van der Waals surface area contributed by atoms with Crippen LogP contribution in [0.25, 0.3) is 22.3 Å². The number of carbonyl (C=O) groups excluding carboxylic acids is 1. The number of hydrogen-bond donors (Lipinski definition) is 2. The number of aromatic nitrogens is 3. The highest BCUT2D eigenvalue weighted by Crippen LogP contribution is 2.26. The number of fused-ring (bicyclic) bond motifs is 1. The Labute approximate surface area is 140 Å². The Kier molecular flexibility index (Phi) is 4.57. The SMILES string of the molecule is CC(C)n1ncc2c(C(=O)NCCO)cc(-c3ccccc3)nc21. The molecular weight excluding hydrogens is 304 g/mol. The van der Waals surface area contributed by atoms with Crippen LogP contribution in [0.4, 0.5) is 0 Å². The van der Waals surface area contributed by atoms with E-state index in [0.29, 0.717) is 16.6 Å². The van der Waals surface area contributed by atoms with Crippen LogP contribution in [0.2, 0.25) is 0 Å². The number of hydrogen-bond acceptors (Lipinski definition) is 4. The van der Waals surface area contributed by atoms with Crippen molar-refractivity contribution >= 4 is 16.9 Å². The number of amides is 1. The second kappa shape index (κ2) is 6.80. The molecule has 0 spiro atoms. The highest BCUT2D eigenvalue weighted by Gasteiger charge is 2.18. The summed E-state index contributed by atoms with van der Waals surface area (Å²) in [4.78, 5) is 17.2. The summed E-state index contributed by atoms with van der Waals surface area (Å²) < 4.78 is 1.81. The molecule has 2 heterocycles. The van der Waals surface area contributed by atoms with Gasteiger partial charge in [0.1, 0.15) is 0 Å². The summed E-state index contributed by atoms with van der Waals surface area (Å²) in [5.41, 5.74) is 2.85. The zero-order chi connectivity index (χ0) is 17.1. The normalized spacial score (nSPS) is 11.2. The number of carbonyl (C=O) groups is 1. The lowest BCUT2D eigenvalue weighted by Gasteiger charge is -2.10. The van der Waals surface area contributed by atoms with Gasteiger partial charge in [0.15, 0.2) is 5.65 Å². The third-order valence-electron chi connectivity index (χ3n) is 3.77. The van der Waals surface area contributed by atoms with Crippen molar-refractivity contribution in [1.29, 1.82) is 0 Å². The summed E-state index contributed by atoms with van der Waals surface area (Å²) in [7, 11) is 0. The third-order valence-corrected chi connectivity index (χ3v) is 3.77. The van der Waals surface area contributed by atoms with Gasteiger partial charge < -0.3 is 10.4 Å². The van der Waals surface area contributed by atoms with E-state index in [9.17, 15) is 4.79 Å². The molecule has 3 aromatic rings. The van der Waals surface area contributed by atoms with Gasteiger partial charge in [0, 0.05) is 18.2 Å². The van der Waals surface area contributed by atoms with Gasteiger partial charge in [-0.3, -0.25) is 4.79 Å². The molecule has 0 saturated carbocycles. The Morgan fingerprint density at radius 2 is 2.04 bits per heavy atom. The fourth-order valence-corrected chi connectivity index (χ4v) is 2.61. The fraction of sp³-hybridized carbons (Fsp3) is 0.278. The van der Waals surface area contributed by atoms with Gasteiger partial charge in [-0.15, -0.1) is 0 Å². The van der Waals surface area contributed by atoms with Crippen molar-refractivity contribution in [3.05, 3.63) is 48.2 Å². The van der Waals surface area contributed by atoms with Crippen LogP contribution in [0, 0.1) is 0 Å². The monoisotopic (exact) mass is 324 g/mol. The van der Waals surface area contributed by atoms with Crippen molar-refractivity contribution in [1.82, 2.24) is 20.1 Å². The zero-order valence-corrected chi connectivity index (χ0v) is 13.7. The molecule has 0 unspecified atom stereocenters. The van der Waals surface area contributed by atoms with E-state index in [2.05, 4.69) is 10.4 Å². The van der Waals surface area contributed by atoms with Crippen molar-refractivity contribution in [3.8, 4) is 11.3 Å². The highest BCUT2D eigenvalue weighted by atomic mass is 16.3. The van der Waals surface area contributed by atoms with E-state index in [1.807, 2.05) is 48.9 Å². The second-order valence-corrected chi connectivity index (χ2v) is 5.82. The lowest BCUT2D eigenvalue weighted by molar-refractivity contribution is 0.0946. The maximum atomic E-state index is 12.5. The molecular formula is C18H20N4O2. The molecule has 6 heteroatoms. The fourth-order valence-electron chi connectivity index (χ4n) is 2.61. The van der Waals surface area contributed by atoms with Gasteiger partial charge in [-0.1, -0.05) is 30.3 Å². The van der Waals surface area contributed by atoms with E-state index in [0.717, 1.165) is 11.3 Å². The average Bonchev–Trinajstić information content (AvgIpc) is 3.03. The minimum atomic E-state index is -0.239. The van der Waals surface area contributed by atoms with Crippen molar-refractivity contribution in [2.45, 2.75) is 19.9 Å². The molecule has 0 bridgehead atoms. The van der Waals surface area contributed by atoms with E-state index in [1.165, 1.54) is 0 Å². The maximum Gasteiger partial charge on any atom is 0.252 e. The molecule has 24 heavy (non-hydrogen) atoms. The minimum Gasteiger partial charge on any atom is -0.395 e. The van der Waals surface area contributed by atoms with Crippen molar-refractivity contribution in [2.75, 3.05) is 13.2 Å². The van der Waals surface area contributed by atoms with Crippen LogP contribution >= 0.6 is 0 Å². The van der Waals surface area contributed by atoms with Crippen LogP contribution in [0.1, 0.15) is 30.2 Å². The number of rotatable bonds is 5. The first-order valence-corrected chi connectivity index (χ1v) is 7.94. The van der Waals surface area contributed by atoms with Crippen LogP contribution in [0.3, 0.4) is 0 Å². The molecule has 2 N–H and O–H groups in total. The first-order chi connectivity index (χ1) is 11.6. The van der Waals surface area contributed by atoms with E-state index in [-0.39, 0.29) is 25.1 Å². The summed E-state index contributed by atoms with van der Waals surface area (Å²) in [6, 6.07) is 11.6. The molecule has 124 valence electrons. The predicted octanol–water partition coefficient (Wildman–Crippen LogP) is 2.40. The molecule has 0 aliphatic heterocycles. The van der Waals surface area contributed by atoms with Gasteiger partial charge in [0.05, 0.1) is 29.4 Å². The Morgan fingerprint density at radius 3 is 2.71 bits per heavy atom. The van der Waals surface area contributed by atoms with Gasteiger partial charge >= 0.3 is 0 Å². The van der Waals surface area contributed by atoms with E-state index in [1.54, 1.807) is 12.3 Å². The van der Waals surface area contributed by atoms with Gasteiger partial charge in [0.2, 0.25) is 0 Å². The van der Waals surface area contributed by atoms with Crippen LogP contribution in [-0.2, 0) is 0 Å². The minimum absolute atomic E-state index is 0.100. The smallest absolute Gasteiger partial charge is 0.252 e. The van der Waals surface area contributed by atoms with Crippen LogP contribution in [0.15, 0.2) is 42.6 Å². The molecule has 1 amide bonds. The number of pyridine rings is 1. The number of benzene rings is 1. The molecule has 6 nitrogen and oxygen atoms in total. The zero-order valence-electron chi connectivity index (χ0n) is 13.7. The summed E-state index contributed by atoms with van der Waals surface area (Å²) in [5.74, 6) is -0.239. The van der Waals surface area contributed by atoms with Crippen molar-refractivity contribution in [2.24, 2.45) is 0 Å². The lowest BCUT2D eigenvalue weighted by atomic mass is 10.1. The molecule has 0 aliphatic carbocycles. The van der Waals surface area contributed by atoms with Crippen molar-refractivity contribution < 1.29 is 9.90 Å². The molecule has 3 rings (SSSR count). The summed E-state index contributed by atoms with van der Waals surface area (Å²) in [6.45, 7) is 4.15. The topological polar surface area (TPSA) is 80.0 Å². The third kappa shape index (κ3) is 3.00. The molecule has 0 saturated heterocycles. The van der Waals surface area contributed by atoms with E-state index < -0.39 is 0 Å². The van der Waals surface area contributed by atoms with Crippen LogP contribution in [-0.4, -0.2) is 38.9 Å². The molecule has 0 radical (unpaired) electrons. The Hall–Kier alpha value is -2.73.